The van der Waals surface area contributed by atoms with E-state index in [1.165, 1.54) is 12.8 Å². The number of aliphatic hydroxyl groups is 1. The SMILES string of the molecule is CC1CCCC(CNC(=O)N2CCC(C(O)C(F)(F)F)CC2)C1. The van der Waals surface area contributed by atoms with Crippen LogP contribution in [0.25, 0.3) is 0 Å². The molecule has 134 valence electrons. The fourth-order valence-electron chi connectivity index (χ4n) is 3.77. The second-order valence-electron chi connectivity index (χ2n) is 7.13. The highest BCUT2D eigenvalue weighted by atomic mass is 19.4. The van der Waals surface area contributed by atoms with E-state index in [-0.39, 0.29) is 32.0 Å². The maximum absolute atomic E-state index is 12.5. The minimum atomic E-state index is -4.58. The summed E-state index contributed by atoms with van der Waals surface area (Å²) in [5, 5.41) is 12.2. The zero-order valence-electron chi connectivity index (χ0n) is 13.6. The predicted molar refractivity (Wildman–Crippen MR) is 80.9 cm³/mol. The molecule has 2 N–H and O–H groups in total. The maximum atomic E-state index is 12.5. The van der Waals surface area contributed by atoms with E-state index >= 15 is 0 Å². The molecule has 0 radical (unpaired) electrons. The van der Waals surface area contributed by atoms with E-state index in [0.29, 0.717) is 18.4 Å². The van der Waals surface area contributed by atoms with E-state index in [1.807, 2.05) is 0 Å². The number of hydrogen-bond donors (Lipinski definition) is 2. The minimum absolute atomic E-state index is 0.189. The number of alkyl halides is 3. The molecule has 0 bridgehead atoms. The molecule has 0 aromatic carbocycles. The molecule has 2 fully saturated rings. The number of piperidine rings is 1. The van der Waals surface area contributed by atoms with Crippen molar-refractivity contribution in [3.05, 3.63) is 0 Å². The van der Waals surface area contributed by atoms with Gasteiger partial charge in [-0.1, -0.05) is 19.8 Å². The maximum Gasteiger partial charge on any atom is 0.414 e. The largest absolute Gasteiger partial charge is 0.414 e. The molecule has 1 saturated heterocycles. The number of nitrogens with zero attached hydrogens (tertiary/aromatic N) is 1. The van der Waals surface area contributed by atoms with Crippen molar-refractivity contribution >= 4 is 6.03 Å². The van der Waals surface area contributed by atoms with Gasteiger partial charge in [-0.15, -0.1) is 0 Å². The first kappa shape index (κ1) is 18.4. The molecule has 23 heavy (non-hydrogen) atoms. The van der Waals surface area contributed by atoms with Crippen molar-refractivity contribution in [3.63, 3.8) is 0 Å². The number of rotatable bonds is 3. The van der Waals surface area contributed by atoms with E-state index in [4.69, 9.17) is 0 Å². The van der Waals surface area contributed by atoms with Crippen molar-refractivity contribution < 1.29 is 23.1 Å². The number of carbonyl (C=O) groups excluding carboxylic acids is 1. The zero-order valence-corrected chi connectivity index (χ0v) is 13.6. The zero-order chi connectivity index (χ0) is 17.0. The first-order valence-electron chi connectivity index (χ1n) is 8.55. The quantitative estimate of drug-likeness (QED) is 0.832. The highest BCUT2D eigenvalue weighted by Crippen LogP contribution is 2.32. The number of carbonyl (C=O) groups is 1. The number of aliphatic hydroxyl groups excluding tert-OH is 1. The Morgan fingerprint density at radius 1 is 1.26 bits per heavy atom. The van der Waals surface area contributed by atoms with E-state index < -0.39 is 18.2 Å². The summed E-state index contributed by atoms with van der Waals surface area (Å²) in [4.78, 5) is 13.7. The Morgan fingerprint density at radius 3 is 2.48 bits per heavy atom. The van der Waals surface area contributed by atoms with Gasteiger partial charge < -0.3 is 15.3 Å². The second kappa shape index (κ2) is 7.73. The van der Waals surface area contributed by atoms with Gasteiger partial charge in [0, 0.05) is 19.6 Å². The molecule has 2 aliphatic rings. The first-order valence-corrected chi connectivity index (χ1v) is 8.55. The molecule has 1 aliphatic heterocycles. The summed E-state index contributed by atoms with van der Waals surface area (Å²) in [5.41, 5.74) is 0. The van der Waals surface area contributed by atoms with Gasteiger partial charge in [0.15, 0.2) is 6.10 Å². The van der Waals surface area contributed by atoms with Crippen LogP contribution < -0.4 is 5.32 Å². The predicted octanol–water partition coefficient (Wildman–Crippen LogP) is 3.16. The van der Waals surface area contributed by atoms with Crippen LogP contribution in [0.15, 0.2) is 0 Å². The van der Waals surface area contributed by atoms with Crippen LogP contribution in [0, 0.1) is 17.8 Å². The van der Waals surface area contributed by atoms with E-state index in [2.05, 4.69) is 12.2 Å². The minimum Gasteiger partial charge on any atom is -0.383 e. The van der Waals surface area contributed by atoms with Crippen LogP contribution in [0.3, 0.4) is 0 Å². The standard InChI is InChI=1S/C16H27F3N2O2/c1-11-3-2-4-12(9-11)10-20-15(23)21-7-5-13(6-8-21)14(22)16(17,18)19/h11-14,22H,2-10H2,1H3,(H,20,23). The molecule has 0 aromatic heterocycles. The average molecular weight is 336 g/mol. The van der Waals surface area contributed by atoms with Crippen LogP contribution in [0.2, 0.25) is 0 Å². The van der Waals surface area contributed by atoms with E-state index in [0.717, 1.165) is 12.8 Å². The van der Waals surface area contributed by atoms with Crippen LogP contribution in [0.5, 0.6) is 0 Å². The third-order valence-corrected chi connectivity index (χ3v) is 5.20. The molecule has 0 spiro atoms. The summed E-state index contributed by atoms with van der Waals surface area (Å²) in [5.74, 6) is 0.399. The van der Waals surface area contributed by atoms with Gasteiger partial charge in [-0.2, -0.15) is 13.2 Å². The Balaban J connectivity index is 1.71. The van der Waals surface area contributed by atoms with Gasteiger partial charge in [0.2, 0.25) is 0 Å². The van der Waals surface area contributed by atoms with Crippen LogP contribution in [0.4, 0.5) is 18.0 Å². The van der Waals surface area contributed by atoms with Gasteiger partial charge in [-0.05, 0) is 43.4 Å². The lowest BCUT2D eigenvalue weighted by Crippen LogP contribution is -2.49. The fraction of sp³-hybridized carbons (Fsp3) is 0.938. The normalized spacial score (nSPS) is 28.5. The Kier molecular flexibility index (Phi) is 6.17. The average Bonchev–Trinajstić information content (AvgIpc) is 2.51. The summed E-state index contributed by atoms with van der Waals surface area (Å²) in [6.45, 7) is 3.41. The van der Waals surface area contributed by atoms with Gasteiger partial charge in [0.1, 0.15) is 0 Å². The molecule has 4 nitrogen and oxygen atoms in total. The lowest BCUT2D eigenvalue weighted by molar-refractivity contribution is -0.222. The third kappa shape index (κ3) is 5.26. The fourth-order valence-corrected chi connectivity index (χ4v) is 3.77. The number of likely N-dealkylation sites (tertiary alicyclic amines) is 1. The molecule has 3 atom stereocenters. The molecule has 0 aromatic rings. The summed E-state index contributed by atoms with van der Waals surface area (Å²) in [7, 11) is 0. The molecule has 1 saturated carbocycles. The molecular formula is C16H27F3N2O2. The summed E-state index contributed by atoms with van der Waals surface area (Å²) >= 11 is 0. The van der Waals surface area contributed by atoms with Crippen LogP contribution >= 0.6 is 0 Å². The van der Waals surface area contributed by atoms with Crippen LogP contribution in [-0.2, 0) is 0 Å². The van der Waals surface area contributed by atoms with Crippen LogP contribution in [-0.4, -0.2) is 48.0 Å². The highest BCUT2D eigenvalue weighted by molar-refractivity contribution is 5.74. The number of nitrogens with one attached hydrogen (secondary N) is 1. The van der Waals surface area contributed by atoms with E-state index in [9.17, 15) is 23.1 Å². The lowest BCUT2D eigenvalue weighted by Gasteiger charge is -2.35. The lowest BCUT2D eigenvalue weighted by atomic mass is 9.82. The van der Waals surface area contributed by atoms with Gasteiger partial charge in [0.05, 0.1) is 0 Å². The van der Waals surface area contributed by atoms with Gasteiger partial charge >= 0.3 is 12.2 Å². The summed E-state index contributed by atoms with van der Waals surface area (Å²) < 4.78 is 37.5. The van der Waals surface area contributed by atoms with Crippen molar-refractivity contribution in [2.75, 3.05) is 19.6 Å². The summed E-state index contributed by atoms with van der Waals surface area (Å²) in [6.07, 6.45) is -1.78. The van der Waals surface area contributed by atoms with E-state index in [1.54, 1.807) is 4.90 Å². The smallest absolute Gasteiger partial charge is 0.383 e. The van der Waals surface area contributed by atoms with Crippen LogP contribution in [0.1, 0.15) is 45.4 Å². The summed E-state index contributed by atoms with van der Waals surface area (Å²) in [6, 6.07) is -0.192. The number of urea groups is 1. The van der Waals surface area contributed by atoms with Crippen molar-refractivity contribution in [1.29, 1.82) is 0 Å². The highest BCUT2D eigenvalue weighted by Gasteiger charge is 2.44. The Morgan fingerprint density at radius 2 is 1.91 bits per heavy atom. The topological polar surface area (TPSA) is 52.6 Å². The number of halogens is 3. The number of amides is 2. The molecule has 2 rings (SSSR count). The molecule has 7 heteroatoms. The van der Waals surface area contributed by atoms with Gasteiger partial charge in [-0.25, -0.2) is 4.79 Å². The number of hydrogen-bond acceptors (Lipinski definition) is 2. The first-order chi connectivity index (χ1) is 10.8. The van der Waals surface area contributed by atoms with Crippen molar-refractivity contribution in [2.24, 2.45) is 17.8 Å². The molecule has 3 unspecified atom stereocenters. The van der Waals surface area contributed by atoms with Crippen molar-refractivity contribution in [1.82, 2.24) is 10.2 Å². The Hall–Kier alpha value is -0.980. The Labute approximate surface area is 135 Å². The molecule has 1 aliphatic carbocycles. The van der Waals surface area contributed by atoms with Crippen molar-refractivity contribution in [3.8, 4) is 0 Å². The van der Waals surface area contributed by atoms with Gasteiger partial charge in [-0.3, -0.25) is 0 Å². The van der Waals surface area contributed by atoms with Gasteiger partial charge in [0.25, 0.3) is 0 Å². The Bertz CT molecular complexity index is 395. The third-order valence-electron chi connectivity index (χ3n) is 5.20. The monoisotopic (exact) mass is 336 g/mol. The van der Waals surface area contributed by atoms with Crippen molar-refractivity contribution in [2.45, 2.75) is 57.7 Å². The molecular weight excluding hydrogens is 309 g/mol. The molecule has 2 amide bonds. The molecule has 1 heterocycles. The second-order valence-corrected chi connectivity index (χ2v) is 7.13.